The van der Waals surface area contributed by atoms with E-state index in [1.165, 1.54) is 36.0 Å². The minimum absolute atomic E-state index is 0.0917. The van der Waals surface area contributed by atoms with Crippen LogP contribution in [0.15, 0.2) is 18.2 Å². The Morgan fingerprint density at radius 2 is 1.94 bits per heavy atom. The van der Waals surface area contributed by atoms with Crippen LogP contribution >= 0.6 is 0 Å². The minimum Gasteiger partial charge on any atom is -0.393 e. The summed E-state index contributed by atoms with van der Waals surface area (Å²) < 4.78 is 0. The molecule has 18 heavy (non-hydrogen) atoms. The van der Waals surface area contributed by atoms with Crippen LogP contribution in [0.4, 0.5) is 0 Å². The summed E-state index contributed by atoms with van der Waals surface area (Å²) in [4.78, 5) is 0. The Labute approximate surface area is 110 Å². The van der Waals surface area contributed by atoms with Crippen LogP contribution in [0.2, 0.25) is 0 Å². The average molecular weight is 247 g/mol. The Morgan fingerprint density at radius 3 is 2.67 bits per heavy atom. The van der Waals surface area contributed by atoms with Crippen LogP contribution in [0, 0.1) is 19.8 Å². The van der Waals surface area contributed by atoms with E-state index in [2.05, 4.69) is 37.4 Å². The Balaban J connectivity index is 1.79. The summed E-state index contributed by atoms with van der Waals surface area (Å²) in [6, 6.07) is 6.62. The number of aliphatic hydroxyl groups excluding tert-OH is 1. The average Bonchev–Trinajstić information content (AvgIpc) is 2.36. The van der Waals surface area contributed by atoms with E-state index in [1.807, 2.05) is 0 Å². The van der Waals surface area contributed by atoms with Crippen molar-refractivity contribution in [3.63, 3.8) is 0 Å². The number of benzene rings is 1. The second-order valence-corrected chi connectivity index (χ2v) is 5.66. The molecule has 2 atom stereocenters. The first-order chi connectivity index (χ1) is 8.66. The molecule has 0 radical (unpaired) electrons. The highest BCUT2D eigenvalue weighted by Crippen LogP contribution is 2.23. The monoisotopic (exact) mass is 247 g/mol. The number of hydrogen-bond acceptors (Lipinski definition) is 2. The molecule has 1 fully saturated rings. The van der Waals surface area contributed by atoms with Gasteiger partial charge in [-0.2, -0.15) is 0 Å². The summed E-state index contributed by atoms with van der Waals surface area (Å²) in [6.07, 6.45) is 4.52. The van der Waals surface area contributed by atoms with Gasteiger partial charge in [0.2, 0.25) is 0 Å². The lowest BCUT2D eigenvalue weighted by Crippen LogP contribution is -2.33. The maximum Gasteiger partial charge on any atom is 0.0580 e. The van der Waals surface area contributed by atoms with E-state index < -0.39 is 0 Å². The molecule has 0 spiro atoms. The zero-order valence-corrected chi connectivity index (χ0v) is 11.6. The van der Waals surface area contributed by atoms with Crippen molar-refractivity contribution in [3.8, 4) is 0 Å². The molecule has 2 N–H and O–H groups in total. The molecule has 1 aliphatic carbocycles. The molecule has 1 aromatic rings. The Kier molecular flexibility index (Phi) is 4.79. The normalized spacial score (nSPS) is 24.2. The molecule has 0 amide bonds. The molecule has 2 unspecified atom stereocenters. The quantitative estimate of drug-likeness (QED) is 0.857. The second-order valence-electron chi connectivity index (χ2n) is 5.66. The van der Waals surface area contributed by atoms with Gasteiger partial charge in [0.15, 0.2) is 0 Å². The molecular weight excluding hydrogens is 222 g/mol. The zero-order chi connectivity index (χ0) is 13.0. The van der Waals surface area contributed by atoms with Gasteiger partial charge in [-0.1, -0.05) is 31.0 Å². The molecule has 0 bridgehead atoms. The smallest absolute Gasteiger partial charge is 0.0580 e. The van der Waals surface area contributed by atoms with Crippen molar-refractivity contribution < 1.29 is 5.11 Å². The largest absolute Gasteiger partial charge is 0.393 e. The molecule has 1 aliphatic rings. The minimum atomic E-state index is -0.0917. The van der Waals surface area contributed by atoms with Crippen molar-refractivity contribution in [2.75, 3.05) is 6.54 Å². The summed E-state index contributed by atoms with van der Waals surface area (Å²) >= 11 is 0. The molecule has 2 rings (SSSR count). The van der Waals surface area contributed by atoms with E-state index in [0.29, 0.717) is 5.92 Å². The van der Waals surface area contributed by atoms with Crippen molar-refractivity contribution in [1.29, 1.82) is 0 Å². The molecule has 0 saturated heterocycles. The molecule has 0 aliphatic heterocycles. The molecule has 1 aromatic carbocycles. The van der Waals surface area contributed by atoms with Gasteiger partial charge in [0.1, 0.15) is 0 Å². The van der Waals surface area contributed by atoms with Gasteiger partial charge in [-0.05, 0) is 49.3 Å². The molecular formula is C16H25NO. The Bertz CT molecular complexity index is 389. The van der Waals surface area contributed by atoms with Crippen LogP contribution in [0.3, 0.4) is 0 Å². The summed E-state index contributed by atoms with van der Waals surface area (Å²) in [5.74, 6) is 0.449. The number of rotatable bonds is 4. The van der Waals surface area contributed by atoms with E-state index in [-0.39, 0.29) is 6.10 Å². The van der Waals surface area contributed by atoms with Crippen molar-refractivity contribution in [2.24, 2.45) is 5.92 Å². The first kappa shape index (κ1) is 13.6. The fraction of sp³-hybridized carbons (Fsp3) is 0.625. The SMILES string of the molecule is Cc1ccc(CNCC2CCCCC2O)cc1C. The van der Waals surface area contributed by atoms with Crippen LogP contribution in [-0.4, -0.2) is 17.8 Å². The zero-order valence-electron chi connectivity index (χ0n) is 11.6. The van der Waals surface area contributed by atoms with Gasteiger partial charge >= 0.3 is 0 Å². The molecule has 0 aromatic heterocycles. The van der Waals surface area contributed by atoms with Gasteiger partial charge in [0, 0.05) is 13.1 Å². The predicted molar refractivity (Wildman–Crippen MR) is 75.6 cm³/mol. The number of aliphatic hydroxyl groups is 1. The number of aryl methyl sites for hydroxylation is 2. The third kappa shape index (κ3) is 3.56. The third-order valence-corrected chi connectivity index (χ3v) is 4.18. The second kappa shape index (κ2) is 6.35. The number of nitrogens with one attached hydrogen (secondary N) is 1. The van der Waals surface area contributed by atoms with Crippen LogP contribution in [0.25, 0.3) is 0 Å². The van der Waals surface area contributed by atoms with Gasteiger partial charge in [-0.25, -0.2) is 0 Å². The number of hydrogen-bond donors (Lipinski definition) is 2. The lowest BCUT2D eigenvalue weighted by atomic mass is 9.86. The first-order valence-corrected chi connectivity index (χ1v) is 7.11. The summed E-state index contributed by atoms with van der Waals surface area (Å²) in [7, 11) is 0. The van der Waals surface area contributed by atoms with E-state index in [4.69, 9.17) is 0 Å². The van der Waals surface area contributed by atoms with Gasteiger partial charge in [-0.15, -0.1) is 0 Å². The fourth-order valence-electron chi connectivity index (χ4n) is 2.74. The van der Waals surface area contributed by atoms with Crippen molar-refractivity contribution in [2.45, 2.75) is 52.2 Å². The highest BCUT2D eigenvalue weighted by molar-refractivity contribution is 5.29. The van der Waals surface area contributed by atoms with E-state index >= 15 is 0 Å². The van der Waals surface area contributed by atoms with E-state index in [0.717, 1.165) is 19.5 Å². The Morgan fingerprint density at radius 1 is 1.17 bits per heavy atom. The molecule has 1 saturated carbocycles. The highest BCUT2D eigenvalue weighted by Gasteiger charge is 2.22. The standard InChI is InChI=1S/C16H25NO/c1-12-7-8-14(9-13(12)2)10-17-11-15-5-3-4-6-16(15)18/h7-9,15-18H,3-6,10-11H2,1-2H3. The summed E-state index contributed by atoms with van der Waals surface area (Å²) in [5.41, 5.74) is 4.04. The topological polar surface area (TPSA) is 32.3 Å². The van der Waals surface area contributed by atoms with Gasteiger partial charge in [0.25, 0.3) is 0 Å². The summed E-state index contributed by atoms with van der Waals surface area (Å²) in [5, 5.41) is 13.4. The van der Waals surface area contributed by atoms with Crippen LogP contribution < -0.4 is 5.32 Å². The van der Waals surface area contributed by atoms with Gasteiger partial charge in [-0.3, -0.25) is 0 Å². The van der Waals surface area contributed by atoms with Crippen LogP contribution in [0.1, 0.15) is 42.4 Å². The van der Waals surface area contributed by atoms with E-state index in [1.54, 1.807) is 0 Å². The highest BCUT2D eigenvalue weighted by atomic mass is 16.3. The molecule has 100 valence electrons. The van der Waals surface area contributed by atoms with Crippen molar-refractivity contribution in [1.82, 2.24) is 5.32 Å². The molecule has 2 heteroatoms. The maximum absolute atomic E-state index is 9.91. The lowest BCUT2D eigenvalue weighted by molar-refractivity contribution is 0.0695. The predicted octanol–water partition coefficient (Wildman–Crippen LogP) is 2.94. The van der Waals surface area contributed by atoms with Gasteiger partial charge in [0.05, 0.1) is 6.10 Å². The lowest BCUT2D eigenvalue weighted by Gasteiger charge is -2.27. The van der Waals surface area contributed by atoms with E-state index in [9.17, 15) is 5.11 Å². The maximum atomic E-state index is 9.91. The summed E-state index contributed by atoms with van der Waals surface area (Å²) in [6.45, 7) is 6.15. The van der Waals surface area contributed by atoms with Gasteiger partial charge < -0.3 is 10.4 Å². The van der Waals surface area contributed by atoms with Crippen LogP contribution in [-0.2, 0) is 6.54 Å². The fourth-order valence-corrected chi connectivity index (χ4v) is 2.74. The molecule has 0 heterocycles. The van der Waals surface area contributed by atoms with Crippen LogP contribution in [0.5, 0.6) is 0 Å². The van der Waals surface area contributed by atoms with Crippen molar-refractivity contribution in [3.05, 3.63) is 34.9 Å². The van der Waals surface area contributed by atoms with Crippen molar-refractivity contribution >= 4 is 0 Å². The first-order valence-electron chi connectivity index (χ1n) is 7.11. The molecule has 2 nitrogen and oxygen atoms in total. The third-order valence-electron chi connectivity index (χ3n) is 4.18. The Hall–Kier alpha value is -0.860.